The fraction of sp³-hybridized carbons (Fsp3) is 0.550. The van der Waals surface area contributed by atoms with Crippen molar-refractivity contribution in [3.63, 3.8) is 0 Å². The number of likely N-dealkylation sites (N-methyl/N-ethyl adjacent to an activating group) is 2. The Balaban J connectivity index is 1.44. The van der Waals surface area contributed by atoms with Crippen molar-refractivity contribution in [1.82, 2.24) is 24.9 Å². The van der Waals surface area contributed by atoms with Gasteiger partial charge < -0.3 is 14.7 Å². The van der Waals surface area contributed by atoms with Gasteiger partial charge in [0.25, 0.3) is 5.91 Å². The van der Waals surface area contributed by atoms with Gasteiger partial charge >= 0.3 is 6.03 Å². The Hall–Kier alpha value is -2.61. The number of aryl methyl sites for hydroxylation is 1. The van der Waals surface area contributed by atoms with Gasteiger partial charge in [-0.05, 0) is 25.0 Å². The molecule has 1 N–H and O–H groups in total. The minimum Gasteiger partial charge on any atom is -0.340 e. The molecule has 28 heavy (non-hydrogen) atoms. The van der Waals surface area contributed by atoms with E-state index in [1.807, 2.05) is 11.8 Å². The van der Waals surface area contributed by atoms with E-state index < -0.39 is 12.2 Å². The Morgan fingerprint density at radius 2 is 1.86 bits per heavy atom. The van der Waals surface area contributed by atoms with Crippen LogP contribution in [0.2, 0.25) is 0 Å². The van der Waals surface area contributed by atoms with Crippen molar-refractivity contribution >= 4 is 17.9 Å². The van der Waals surface area contributed by atoms with Crippen LogP contribution in [0.1, 0.15) is 18.1 Å². The lowest BCUT2D eigenvalue weighted by Crippen LogP contribution is -2.64. The maximum Gasteiger partial charge on any atom is 0.325 e. The fourth-order valence-electron chi connectivity index (χ4n) is 4.25. The van der Waals surface area contributed by atoms with Crippen LogP contribution in [0.4, 0.5) is 4.79 Å². The van der Waals surface area contributed by atoms with Crippen molar-refractivity contribution in [2.75, 3.05) is 39.8 Å². The van der Waals surface area contributed by atoms with E-state index >= 15 is 0 Å². The van der Waals surface area contributed by atoms with Crippen LogP contribution in [0.3, 0.4) is 0 Å². The van der Waals surface area contributed by atoms with Crippen LogP contribution in [-0.4, -0.2) is 89.5 Å². The number of carbonyl (C=O) groups is 2. The Kier molecular flexibility index (Phi) is 4.97. The van der Waals surface area contributed by atoms with Gasteiger partial charge in [0.2, 0.25) is 0 Å². The van der Waals surface area contributed by atoms with E-state index in [0.29, 0.717) is 6.54 Å². The van der Waals surface area contributed by atoms with Crippen molar-refractivity contribution in [2.24, 2.45) is 4.99 Å². The summed E-state index contributed by atoms with van der Waals surface area (Å²) < 4.78 is 0. The molecule has 4 rings (SSSR count). The maximum atomic E-state index is 12.4. The summed E-state index contributed by atoms with van der Waals surface area (Å²) in [6.07, 6.45) is -0.443. The van der Waals surface area contributed by atoms with Gasteiger partial charge in [0.1, 0.15) is 0 Å². The van der Waals surface area contributed by atoms with Gasteiger partial charge in [-0.15, -0.1) is 0 Å². The molecule has 2 saturated heterocycles. The lowest BCUT2D eigenvalue weighted by Gasteiger charge is -2.40. The number of fused-ring (bicyclic) bond motifs is 1. The first-order chi connectivity index (χ1) is 13.5. The number of benzene rings is 1. The zero-order valence-corrected chi connectivity index (χ0v) is 16.8. The van der Waals surface area contributed by atoms with Gasteiger partial charge in [-0.2, -0.15) is 0 Å². The molecular formula is C20H28N6O2. The highest BCUT2D eigenvalue weighted by atomic mass is 16.2. The van der Waals surface area contributed by atoms with E-state index in [-0.39, 0.29) is 11.9 Å². The summed E-state index contributed by atoms with van der Waals surface area (Å²) in [5, 5.41) is 2.43. The quantitative estimate of drug-likeness (QED) is 0.830. The Labute approximate surface area is 165 Å². The molecule has 0 aliphatic carbocycles. The second-order valence-corrected chi connectivity index (χ2v) is 7.67. The van der Waals surface area contributed by atoms with Crippen molar-refractivity contribution in [1.29, 1.82) is 0 Å². The number of imide groups is 1. The summed E-state index contributed by atoms with van der Waals surface area (Å²) in [6.45, 7) is 9.43. The first-order valence-electron chi connectivity index (χ1n) is 9.93. The average Bonchev–Trinajstić information content (AvgIpc) is 3.09. The molecule has 2 fully saturated rings. The number of amides is 3. The van der Waals surface area contributed by atoms with Crippen molar-refractivity contribution in [3.8, 4) is 0 Å². The molecule has 3 aliphatic heterocycles. The number of urea groups is 1. The number of hydrogen-bond donors (Lipinski definition) is 1. The molecular weight excluding hydrogens is 356 g/mol. The first kappa shape index (κ1) is 18.7. The number of carbonyl (C=O) groups excluding carboxylic acids is 2. The van der Waals surface area contributed by atoms with Gasteiger partial charge in [-0.3, -0.25) is 15.0 Å². The molecule has 3 heterocycles. The first-order valence-corrected chi connectivity index (χ1v) is 9.93. The molecule has 8 nitrogen and oxygen atoms in total. The largest absolute Gasteiger partial charge is 0.340 e. The van der Waals surface area contributed by atoms with E-state index in [1.54, 1.807) is 7.05 Å². The second-order valence-electron chi connectivity index (χ2n) is 7.67. The number of rotatable bonds is 3. The number of piperazine rings is 1. The minimum absolute atomic E-state index is 0.258. The third kappa shape index (κ3) is 3.22. The molecule has 1 aromatic rings. The Morgan fingerprint density at radius 1 is 1.14 bits per heavy atom. The molecule has 150 valence electrons. The highest BCUT2D eigenvalue weighted by molar-refractivity contribution is 6.03. The normalized spacial score (nSPS) is 25.7. The third-order valence-electron chi connectivity index (χ3n) is 5.99. The maximum absolute atomic E-state index is 12.4. The standard InChI is InChI=1S/C20H28N6O2/c1-4-26-16-17(23(3)20(28)22-18(16)27)21-19(26)25-11-9-24(10-12-25)13-15-8-6-5-7-14(15)2/h5-8,16-17H,4,9-13H2,1-3H3,(H,22,27,28). The van der Waals surface area contributed by atoms with Crippen LogP contribution in [0, 0.1) is 6.92 Å². The van der Waals surface area contributed by atoms with Gasteiger partial charge in [0.05, 0.1) is 0 Å². The SMILES string of the molecule is CCN1C(N2CCN(Cc3ccccc3C)CC2)=NC2C1C(=O)NC(=O)N2C. The summed E-state index contributed by atoms with van der Waals surface area (Å²) in [7, 11) is 1.69. The zero-order valence-electron chi connectivity index (χ0n) is 16.8. The van der Waals surface area contributed by atoms with Crippen LogP contribution in [0.25, 0.3) is 0 Å². The highest BCUT2D eigenvalue weighted by Gasteiger charge is 2.49. The number of nitrogens with one attached hydrogen (secondary N) is 1. The average molecular weight is 384 g/mol. The van der Waals surface area contributed by atoms with E-state index in [2.05, 4.69) is 46.3 Å². The molecule has 8 heteroatoms. The molecule has 2 unspecified atom stereocenters. The fourth-order valence-corrected chi connectivity index (χ4v) is 4.25. The molecule has 3 amide bonds. The van der Waals surface area contributed by atoms with Crippen LogP contribution in [0.5, 0.6) is 0 Å². The number of hydrogen-bond acceptors (Lipinski definition) is 6. The zero-order chi connectivity index (χ0) is 19.8. The predicted octanol–water partition coefficient (Wildman–Crippen LogP) is 0.680. The lowest BCUT2D eigenvalue weighted by molar-refractivity contribution is -0.127. The van der Waals surface area contributed by atoms with Crippen LogP contribution in [-0.2, 0) is 11.3 Å². The summed E-state index contributed by atoms with van der Waals surface area (Å²) >= 11 is 0. The van der Waals surface area contributed by atoms with Gasteiger partial charge in [-0.1, -0.05) is 24.3 Å². The van der Waals surface area contributed by atoms with Crippen molar-refractivity contribution < 1.29 is 9.59 Å². The molecule has 0 bridgehead atoms. The number of aliphatic imine (C=N–C) groups is 1. The Bertz CT molecular complexity index is 802. The van der Waals surface area contributed by atoms with Crippen LogP contribution >= 0.6 is 0 Å². The molecule has 3 aliphatic rings. The van der Waals surface area contributed by atoms with E-state index in [4.69, 9.17) is 4.99 Å². The highest BCUT2D eigenvalue weighted by Crippen LogP contribution is 2.25. The topological polar surface area (TPSA) is 71.5 Å². The smallest absolute Gasteiger partial charge is 0.325 e. The monoisotopic (exact) mass is 384 g/mol. The van der Waals surface area contributed by atoms with Crippen LogP contribution in [0.15, 0.2) is 29.3 Å². The molecule has 0 saturated carbocycles. The summed E-state index contributed by atoms with van der Waals surface area (Å²) in [5.74, 6) is 0.580. The molecule has 2 atom stereocenters. The van der Waals surface area contributed by atoms with Crippen molar-refractivity contribution in [3.05, 3.63) is 35.4 Å². The minimum atomic E-state index is -0.443. The predicted molar refractivity (Wildman–Crippen MR) is 107 cm³/mol. The number of guanidine groups is 1. The van der Waals surface area contributed by atoms with Crippen LogP contribution < -0.4 is 5.32 Å². The molecule has 0 radical (unpaired) electrons. The van der Waals surface area contributed by atoms with Gasteiger partial charge in [0, 0.05) is 46.3 Å². The third-order valence-corrected chi connectivity index (χ3v) is 5.99. The summed E-state index contributed by atoms with van der Waals surface area (Å²) in [5.41, 5.74) is 2.69. The molecule has 0 spiro atoms. The van der Waals surface area contributed by atoms with E-state index in [9.17, 15) is 9.59 Å². The van der Waals surface area contributed by atoms with E-state index in [1.165, 1.54) is 16.0 Å². The number of nitrogens with zero attached hydrogens (tertiary/aromatic N) is 5. The van der Waals surface area contributed by atoms with E-state index in [0.717, 1.165) is 38.7 Å². The summed E-state index contributed by atoms with van der Waals surface area (Å²) in [6, 6.07) is 7.70. The lowest BCUT2D eigenvalue weighted by atomic mass is 10.1. The summed E-state index contributed by atoms with van der Waals surface area (Å²) in [4.78, 5) is 37.4. The van der Waals surface area contributed by atoms with Gasteiger partial charge in [-0.25, -0.2) is 9.79 Å². The molecule has 0 aromatic heterocycles. The van der Waals surface area contributed by atoms with Crippen molar-refractivity contribution in [2.45, 2.75) is 32.6 Å². The Morgan fingerprint density at radius 3 is 2.54 bits per heavy atom. The van der Waals surface area contributed by atoms with Gasteiger partial charge in [0.15, 0.2) is 18.2 Å². The molecule has 1 aromatic carbocycles. The second kappa shape index (κ2) is 7.43.